The van der Waals surface area contributed by atoms with Crippen LogP contribution < -0.4 is 11.1 Å². The molecule has 0 aromatic heterocycles. The van der Waals surface area contributed by atoms with E-state index < -0.39 is 36.5 Å². The molecule has 0 fully saturated rings. The van der Waals surface area contributed by atoms with Crippen molar-refractivity contribution < 1.29 is 29.3 Å². The maximum Gasteiger partial charge on any atom is 0.328 e. The Morgan fingerprint density at radius 2 is 2.00 bits per heavy atom. The standard InChI is InChI=1S/C10H18N2O6/c1-6(14)12-8(2-3-9(11)16)10(17)18-5-7(15)4-13/h7-8,13,15H,2-5H2,1H3,(H2,11,16)(H,12,14)/t7-,8-/m0/s1. The van der Waals surface area contributed by atoms with Crippen molar-refractivity contribution in [1.29, 1.82) is 0 Å². The first kappa shape index (κ1) is 16.3. The van der Waals surface area contributed by atoms with E-state index in [-0.39, 0.29) is 19.4 Å². The van der Waals surface area contributed by atoms with Crippen LogP contribution in [0.1, 0.15) is 19.8 Å². The van der Waals surface area contributed by atoms with Gasteiger partial charge in [-0.25, -0.2) is 4.79 Å². The van der Waals surface area contributed by atoms with Gasteiger partial charge < -0.3 is 26.0 Å². The molecule has 18 heavy (non-hydrogen) atoms. The summed E-state index contributed by atoms with van der Waals surface area (Å²) >= 11 is 0. The maximum atomic E-state index is 11.5. The smallest absolute Gasteiger partial charge is 0.328 e. The van der Waals surface area contributed by atoms with Gasteiger partial charge >= 0.3 is 5.97 Å². The van der Waals surface area contributed by atoms with Gasteiger partial charge in [0.2, 0.25) is 11.8 Å². The molecule has 5 N–H and O–H groups in total. The first-order chi connectivity index (χ1) is 8.36. The van der Waals surface area contributed by atoms with Gasteiger partial charge in [0.25, 0.3) is 0 Å². The molecule has 0 saturated carbocycles. The Hall–Kier alpha value is -1.67. The van der Waals surface area contributed by atoms with Crippen molar-refractivity contribution in [3.8, 4) is 0 Å². The molecule has 0 bridgehead atoms. The number of nitrogens with two attached hydrogens (primary N) is 1. The number of nitrogens with one attached hydrogen (secondary N) is 1. The zero-order valence-electron chi connectivity index (χ0n) is 10.1. The molecule has 0 radical (unpaired) electrons. The van der Waals surface area contributed by atoms with Crippen molar-refractivity contribution in [2.75, 3.05) is 13.2 Å². The lowest BCUT2D eigenvalue weighted by atomic mass is 10.1. The molecule has 0 aliphatic rings. The van der Waals surface area contributed by atoms with Crippen molar-refractivity contribution in [2.45, 2.75) is 31.9 Å². The van der Waals surface area contributed by atoms with Crippen LogP contribution in [0.25, 0.3) is 0 Å². The number of carbonyl (C=O) groups is 3. The van der Waals surface area contributed by atoms with Gasteiger partial charge in [-0.3, -0.25) is 9.59 Å². The van der Waals surface area contributed by atoms with Crippen LogP contribution in [0.5, 0.6) is 0 Å². The Balaban J connectivity index is 4.30. The normalized spacial score (nSPS) is 13.5. The van der Waals surface area contributed by atoms with E-state index in [1.165, 1.54) is 6.92 Å². The van der Waals surface area contributed by atoms with Crippen molar-refractivity contribution in [2.24, 2.45) is 5.73 Å². The second kappa shape index (κ2) is 8.43. The molecular formula is C10H18N2O6. The van der Waals surface area contributed by atoms with Crippen LogP contribution in [-0.4, -0.2) is 53.4 Å². The van der Waals surface area contributed by atoms with Gasteiger partial charge in [0.1, 0.15) is 18.8 Å². The fourth-order valence-electron chi connectivity index (χ4n) is 1.11. The number of hydrogen-bond acceptors (Lipinski definition) is 6. The van der Waals surface area contributed by atoms with E-state index >= 15 is 0 Å². The first-order valence-corrected chi connectivity index (χ1v) is 5.37. The highest BCUT2D eigenvalue weighted by Gasteiger charge is 2.22. The molecule has 8 nitrogen and oxygen atoms in total. The number of aliphatic hydroxyl groups is 2. The third-order valence-corrected chi connectivity index (χ3v) is 1.97. The Labute approximate surface area is 104 Å². The third-order valence-electron chi connectivity index (χ3n) is 1.97. The maximum absolute atomic E-state index is 11.5. The minimum atomic E-state index is -1.18. The summed E-state index contributed by atoms with van der Waals surface area (Å²) in [6.07, 6.45) is -1.24. The largest absolute Gasteiger partial charge is 0.461 e. The Bertz CT molecular complexity index is 307. The average molecular weight is 262 g/mol. The summed E-state index contributed by atoms with van der Waals surface area (Å²) in [5.41, 5.74) is 4.94. The van der Waals surface area contributed by atoms with Crippen LogP contribution in [0, 0.1) is 0 Å². The number of amides is 2. The molecule has 0 heterocycles. The fourth-order valence-corrected chi connectivity index (χ4v) is 1.11. The Morgan fingerprint density at radius 3 is 2.44 bits per heavy atom. The van der Waals surface area contributed by atoms with Crippen LogP contribution >= 0.6 is 0 Å². The monoisotopic (exact) mass is 262 g/mol. The zero-order chi connectivity index (χ0) is 14.1. The van der Waals surface area contributed by atoms with Gasteiger partial charge in [-0.1, -0.05) is 0 Å². The second-order valence-electron chi connectivity index (χ2n) is 3.72. The number of aliphatic hydroxyl groups excluding tert-OH is 2. The van der Waals surface area contributed by atoms with E-state index in [4.69, 9.17) is 15.9 Å². The molecule has 0 aliphatic carbocycles. The van der Waals surface area contributed by atoms with E-state index in [2.05, 4.69) is 10.1 Å². The molecule has 0 unspecified atom stereocenters. The van der Waals surface area contributed by atoms with Crippen LogP contribution in [-0.2, 0) is 19.1 Å². The number of rotatable bonds is 8. The van der Waals surface area contributed by atoms with Gasteiger partial charge in [0.15, 0.2) is 0 Å². The van der Waals surface area contributed by atoms with Crippen molar-refractivity contribution in [3.63, 3.8) is 0 Å². The fraction of sp³-hybridized carbons (Fsp3) is 0.700. The number of esters is 1. The zero-order valence-corrected chi connectivity index (χ0v) is 10.1. The van der Waals surface area contributed by atoms with Crippen LogP contribution in [0.3, 0.4) is 0 Å². The molecule has 2 amide bonds. The predicted octanol–water partition coefficient (Wildman–Crippen LogP) is -2.35. The van der Waals surface area contributed by atoms with E-state index in [0.29, 0.717) is 0 Å². The number of carbonyl (C=O) groups excluding carboxylic acids is 3. The van der Waals surface area contributed by atoms with Crippen LogP contribution in [0.2, 0.25) is 0 Å². The second-order valence-corrected chi connectivity index (χ2v) is 3.72. The van der Waals surface area contributed by atoms with E-state index in [1.807, 2.05) is 0 Å². The van der Waals surface area contributed by atoms with Gasteiger partial charge in [-0.2, -0.15) is 0 Å². The highest BCUT2D eigenvalue weighted by molar-refractivity contribution is 5.84. The predicted molar refractivity (Wildman–Crippen MR) is 60.1 cm³/mol. The molecule has 0 aromatic rings. The van der Waals surface area contributed by atoms with Crippen molar-refractivity contribution in [3.05, 3.63) is 0 Å². The summed E-state index contributed by atoms with van der Waals surface area (Å²) in [5, 5.41) is 19.8. The highest BCUT2D eigenvalue weighted by atomic mass is 16.5. The molecule has 0 spiro atoms. The van der Waals surface area contributed by atoms with Gasteiger partial charge in [-0.15, -0.1) is 0 Å². The Kier molecular flexibility index (Phi) is 7.64. The number of primary amides is 1. The first-order valence-electron chi connectivity index (χ1n) is 5.37. The lowest BCUT2D eigenvalue weighted by Gasteiger charge is -2.17. The molecule has 8 heteroatoms. The summed E-state index contributed by atoms with van der Waals surface area (Å²) in [7, 11) is 0. The molecule has 0 aromatic carbocycles. The number of ether oxygens (including phenoxy) is 1. The van der Waals surface area contributed by atoms with Gasteiger partial charge in [-0.05, 0) is 6.42 Å². The topological polar surface area (TPSA) is 139 Å². The van der Waals surface area contributed by atoms with E-state index in [0.717, 1.165) is 0 Å². The molecule has 0 aliphatic heterocycles. The molecule has 104 valence electrons. The Morgan fingerprint density at radius 1 is 1.39 bits per heavy atom. The summed E-state index contributed by atoms with van der Waals surface area (Å²) in [6.45, 7) is 0.286. The molecular weight excluding hydrogens is 244 g/mol. The molecule has 2 atom stereocenters. The SMILES string of the molecule is CC(=O)N[C@@H](CCC(N)=O)C(=O)OC[C@@H](O)CO. The van der Waals surface area contributed by atoms with Crippen molar-refractivity contribution in [1.82, 2.24) is 5.32 Å². The average Bonchev–Trinajstić information content (AvgIpc) is 2.30. The van der Waals surface area contributed by atoms with Gasteiger partial charge in [0.05, 0.1) is 6.61 Å². The lowest BCUT2D eigenvalue weighted by Crippen LogP contribution is -2.42. The number of hydrogen-bond donors (Lipinski definition) is 4. The molecule has 0 rings (SSSR count). The third kappa shape index (κ3) is 7.58. The summed E-state index contributed by atoms with van der Waals surface area (Å²) in [4.78, 5) is 33.0. The molecule has 0 saturated heterocycles. The van der Waals surface area contributed by atoms with Crippen molar-refractivity contribution >= 4 is 17.8 Å². The summed E-state index contributed by atoms with van der Waals surface area (Å²) in [6, 6.07) is -0.999. The quantitative estimate of drug-likeness (QED) is 0.361. The minimum Gasteiger partial charge on any atom is -0.461 e. The van der Waals surface area contributed by atoms with Crippen LogP contribution in [0.4, 0.5) is 0 Å². The van der Waals surface area contributed by atoms with Gasteiger partial charge in [0, 0.05) is 13.3 Å². The minimum absolute atomic E-state index is 0.0168. The summed E-state index contributed by atoms with van der Waals surface area (Å²) < 4.78 is 4.67. The van der Waals surface area contributed by atoms with Crippen LogP contribution in [0.15, 0.2) is 0 Å². The highest BCUT2D eigenvalue weighted by Crippen LogP contribution is 2.01. The lowest BCUT2D eigenvalue weighted by molar-refractivity contribution is -0.151. The summed E-state index contributed by atoms with van der Waals surface area (Å²) in [5.74, 6) is -1.85. The van der Waals surface area contributed by atoms with E-state index in [1.54, 1.807) is 0 Å². The van der Waals surface area contributed by atoms with E-state index in [9.17, 15) is 14.4 Å².